The summed E-state index contributed by atoms with van der Waals surface area (Å²) in [6.07, 6.45) is 0.704. The summed E-state index contributed by atoms with van der Waals surface area (Å²) in [6.45, 7) is 3.65. The topological polar surface area (TPSA) is 97.8 Å². The van der Waals surface area contributed by atoms with Crippen molar-refractivity contribution < 1.29 is 0 Å². The molecule has 0 aliphatic rings. The Morgan fingerprint density at radius 3 is 2.69 bits per heavy atom. The maximum absolute atomic E-state index is 11.4. The number of hydrogen-bond acceptors (Lipinski definition) is 4. The van der Waals surface area contributed by atoms with Gasteiger partial charge in [-0.3, -0.25) is 9.78 Å². The van der Waals surface area contributed by atoms with Crippen LogP contribution in [0.5, 0.6) is 0 Å². The number of rotatable bonds is 2. The summed E-state index contributed by atoms with van der Waals surface area (Å²) in [5.74, 6) is 0.134. The first-order valence-corrected chi connectivity index (χ1v) is 4.18. The molecule has 72 valence electrons. The van der Waals surface area contributed by atoms with E-state index in [4.69, 9.17) is 11.5 Å². The number of nitrogens with one attached hydrogen (secondary N) is 1. The molecule has 5 nitrogen and oxygen atoms in total. The minimum atomic E-state index is -0.267. The van der Waals surface area contributed by atoms with E-state index in [0.717, 1.165) is 0 Å². The molecule has 0 spiro atoms. The highest BCUT2D eigenvalue weighted by Gasteiger charge is 2.12. The zero-order valence-electron chi connectivity index (χ0n) is 7.79. The van der Waals surface area contributed by atoms with E-state index in [9.17, 15) is 4.79 Å². The van der Waals surface area contributed by atoms with E-state index in [1.165, 1.54) is 0 Å². The van der Waals surface area contributed by atoms with Crippen LogP contribution in [0.4, 0.5) is 5.95 Å². The van der Waals surface area contributed by atoms with Gasteiger partial charge in [0.15, 0.2) is 0 Å². The van der Waals surface area contributed by atoms with Crippen LogP contribution in [-0.2, 0) is 0 Å². The fourth-order valence-corrected chi connectivity index (χ4v) is 1.26. The van der Waals surface area contributed by atoms with Crippen molar-refractivity contribution in [3.8, 4) is 0 Å². The molecular weight excluding hydrogens is 168 g/mol. The van der Waals surface area contributed by atoms with Gasteiger partial charge >= 0.3 is 0 Å². The van der Waals surface area contributed by atoms with Gasteiger partial charge in [0.25, 0.3) is 5.56 Å². The first-order valence-electron chi connectivity index (χ1n) is 4.18. The molecular formula is C8H14N4O. The molecule has 0 aliphatic carbocycles. The minimum Gasteiger partial charge on any atom is -0.369 e. The maximum Gasteiger partial charge on any atom is 0.257 e. The first kappa shape index (κ1) is 9.73. The number of H-pyrrole nitrogens is 1. The lowest BCUT2D eigenvalue weighted by Crippen LogP contribution is -2.25. The third kappa shape index (κ3) is 1.86. The van der Waals surface area contributed by atoms with Crippen molar-refractivity contribution in [3.63, 3.8) is 0 Å². The van der Waals surface area contributed by atoms with E-state index < -0.39 is 0 Å². The van der Waals surface area contributed by atoms with Gasteiger partial charge in [-0.1, -0.05) is 6.92 Å². The third-order valence-corrected chi connectivity index (χ3v) is 1.97. The van der Waals surface area contributed by atoms with Crippen LogP contribution in [-0.4, -0.2) is 9.97 Å². The second-order valence-electron chi connectivity index (χ2n) is 2.96. The minimum absolute atomic E-state index is 0.134. The summed E-state index contributed by atoms with van der Waals surface area (Å²) in [4.78, 5) is 17.8. The molecule has 1 aromatic heterocycles. The molecule has 0 aliphatic heterocycles. The Balaban J connectivity index is 3.29. The number of anilines is 1. The highest BCUT2D eigenvalue weighted by atomic mass is 16.1. The molecule has 0 saturated heterocycles. The van der Waals surface area contributed by atoms with E-state index in [1.54, 1.807) is 6.92 Å². The maximum atomic E-state index is 11.4. The van der Waals surface area contributed by atoms with E-state index in [-0.39, 0.29) is 17.5 Å². The van der Waals surface area contributed by atoms with Crippen LogP contribution in [0.2, 0.25) is 0 Å². The normalized spacial score (nSPS) is 12.8. The molecule has 0 bridgehead atoms. The Labute approximate surface area is 76.2 Å². The summed E-state index contributed by atoms with van der Waals surface area (Å²) in [5.41, 5.74) is 12.0. The van der Waals surface area contributed by atoms with Crippen molar-refractivity contribution in [2.45, 2.75) is 26.3 Å². The van der Waals surface area contributed by atoms with Gasteiger partial charge in [-0.2, -0.15) is 0 Å². The lowest BCUT2D eigenvalue weighted by atomic mass is 10.1. The van der Waals surface area contributed by atoms with Gasteiger partial charge in [-0.25, -0.2) is 4.98 Å². The number of nitrogens with two attached hydrogens (primary N) is 2. The molecule has 13 heavy (non-hydrogen) atoms. The predicted octanol–water partition coefficient (Wildman–Crippen LogP) is 0.0703. The van der Waals surface area contributed by atoms with Crippen molar-refractivity contribution in [2.75, 3.05) is 5.73 Å². The Morgan fingerprint density at radius 2 is 2.23 bits per heavy atom. The van der Waals surface area contributed by atoms with Gasteiger partial charge in [-0.15, -0.1) is 0 Å². The van der Waals surface area contributed by atoms with E-state index in [2.05, 4.69) is 9.97 Å². The van der Waals surface area contributed by atoms with E-state index >= 15 is 0 Å². The number of aryl methyl sites for hydroxylation is 1. The summed E-state index contributed by atoms with van der Waals surface area (Å²) >= 11 is 0. The zero-order valence-corrected chi connectivity index (χ0v) is 7.79. The van der Waals surface area contributed by atoms with Gasteiger partial charge in [0.2, 0.25) is 5.95 Å². The van der Waals surface area contributed by atoms with Crippen molar-refractivity contribution >= 4 is 5.95 Å². The van der Waals surface area contributed by atoms with Crippen molar-refractivity contribution in [2.24, 2.45) is 5.73 Å². The summed E-state index contributed by atoms with van der Waals surface area (Å²) in [7, 11) is 0. The summed E-state index contributed by atoms with van der Waals surface area (Å²) < 4.78 is 0. The first-order chi connectivity index (χ1) is 6.06. The molecule has 1 heterocycles. The van der Waals surface area contributed by atoms with Crippen molar-refractivity contribution in [1.29, 1.82) is 0 Å². The molecule has 0 fully saturated rings. The van der Waals surface area contributed by atoms with E-state index in [1.807, 2.05) is 6.92 Å². The zero-order chi connectivity index (χ0) is 10.0. The molecule has 1 atom stereocenters. The SMILES string of the molecule is CCC(N)c1c(C)nc(N)[nH]c1=O. The Bertz CT molecular complexity index is 358. The van der Waals surface area contributed by atoms with Gasteiger partial charge in [-0.05, 0) is 13.3 Å². The monoisotopic (exact) mass is 182 g/mol. The molecule has 5 N–H and O–H groups in total. The van der Waals surface area contributed by atoms with Crippen molar-refractivity contribution in [3.05, 3.63) is 21.6 Å². The highest BCUT2D eigenvalue weighted by Crippen LogP contribution is 2.11. The van der Waals surface area contributed by atoms with E-state index in [0.29, 0.717) is 17.7 Å². The lowest BCUT2D eigenvalue weighted by Gasteiger charge is -2.10. The van der Waals surface area contributed by atoms with Crippen molar-refractivity contribution in [1.82, 2.24) is 9.97 Å². The molecule has 5 heteroatoms. The van der Waals surface area contributed by atoms with Crippen LogP contribution >= 0.6 is 0 Å². The summed E-state index contributed by atoms with van der Waals surface area (Å²) in [6, 6.07) is -0.267. The quantitative estimate of drug-likeness (QED) is 0.602. The van der Waals surface area contributed by atoms with Gasteiger partial charge in [0.05, 0.1) is 11.3 Å². The van der Waals surface area contributed by atoms with Gasteiger partial charge in [0.1, 0.15) is 0 Å². The molecule has 1 unspecified atom stereocenters. The van der Waals surface area contributed by atoms with Crippen LogP contribution in [0.25, 0.3) is 0 Å². The number of aromatic nitrogens is 2. The summed E-state index contributed by atoms with van der Waals surface area (Å²) in [5, 5.41) is 0. The standard InChI is InChI=1S/C8H14N4O/c1-3-5(9)6-4(2)11-8(10)12-7(6)13/h5H,3,9H2,1-2H3,(H3,10,11,12,13). The number of aromatic amines is 1. The lowest BCUT2D eigenvalue weighted by molar-refractivity contribution is 0.677. The third-order valence-electron chi connectivity index (χ3n) is 1.97. The molecule has 0 aromatic carbocycles. The fraction of sp³-hybridized carbons (Fsp3) is 0.500. The second-order valence-corrected chi connectivity index (χ2v) is 2.96. The number of nitrogens with zero attached hydrogens (tertiary/aromatic N) is 1. The molecule has 0 radical (unpaired) electrons. The predicted molar refractivity (Wildman–Crippen MR) is 51.2 cm³/mol. The Kier molecular flexibility index (Phi) is 2.67. The van der Waals surface area contributed by atoms with Gasteiger partial charge in [0, 0.05) is 6.04 Å². The van der Waals surface area contributed by atoms with Gasteiger partial charge < -0.3 is 11.5 Å². The Hall–Kier alpha value is -1.36. The smallest absolute Gasteiger partial charge is 0.257 e. The number of nitrogen functional groups attached to an aromatic ring is 1. The molecule has 0 amide bonds. The van der Waals surface area contributed by atoms with Crippen LogP contribution in [0, 0.1) is 6.92 Å². The molecule has 0 saturated carbocycles. The van der Waals surface area contributed by atoms with Crippen LogP contribution in [0.1, 0.15) is 30.6 Å². The number of hydrogen-bond donors (Lipinski definition) is 3. The molecule has 1 aromatic rings. The van der Waals surface area contributed by atoms with Crippen LogP contribution in [0.15, 0.2) is 4.79 Å². The Morgan fingerprint density at radius 1 is 1.62 bits per heavy atom. The highest BCUT2D eigenvalue weighted by molar-refractivity contribution is 5.26. The molecule has 1 rings (SSSR count). The largest absolute Gasteiger partial charge is 0.369 e. The average Bonchev–Trinajstić information content (AvgIpc) is 2.02. The average molecular weight is 182 g/mol. The second kappa shape index (κ2) is 3.57. The fourth-order valence-electron chi connectivity index (χ4n) is 1.26. The van der Waals surface area contributed by atoms with Crippen LogP contribution < -0.4 is 17.0 Å². The van der Waals surface area contributed by atoms with Crippen LogP contribution in [0.3, 0.4) is 0 Å².